The molecule has 0 heterocycles. The molecule has 0 amide bonds. The normalized spacial score (nSPS) is 26.5. The Bertz CT molecular complexity index is 459. The van der Waals surface area contributed by atoms with Crippen LogP contribution in [0.3, 0.4) is 0 Å². The van der Waals surface area contributed by atoms with E-state index in [9.17, 15) is 10.1 Å². The fourth-order valence-electron chi connectivity index (χ4n) is 2.18. The number of nitrogens with two attached hydrogens (primary N) is 1. The first-order valence-corrected chi connectivity index (χ1v) is 5.43. The Morgan fingerprint density at radius 2 is 2.06 bits per heavy atom. The summed E-state index contributed by atoms with van der Waals surface area (Å²) in [6.45, 7) is 4.12. The molecule has 4 nitrogen and oxygen atoms in total. The quantitative estimate of drug-likeness (QED) is 0.638. The van der Waals surface area contributed by atoms with E-state index >= 15 is 0 Å². The first-order chi connectivity index (χ1) is 7.35. The summed E-state index contributed by atoms with van der Waals surface area (Å²) in [6.07, 6.45) is 0. The zero-order chi connectivity index (χ0) is 12.1. The van der Waals surface area contributed by atoms with E-state index in [0.717, 1.165) is 5.56 Å². The van der Waals surface area contributed by atoms with E-state index < -0.39 is 4.92 Å². The Labute approximate surface area is 98.5 Å². The van der Waals surface area contributed by atoms with Crippen molar-refractivity contribution in [3.8, 4) is 0 Å². The predicted molar refractivity (Wildman–Crippen MR) is 62.6 cm³/mol. The van der Waals surface area contributed by atoms with Crippen LogP contribution in [0.5, 0.6) is 0 Å². The van der Waals surface area contributed by atoms with Gasteiger partial charge in [0.15, 0.2) is 0 Å². The van der Waals surface area contributed by atoms with Gasteiger partial charge in [0.05, 0.1) is 4.92 Å². The predicted octanol–water partition coefficient (Wildman–Crippen LogP) is 2.70. The van der Waals surface area contributed by atoms with E-state index in [1.807, 2.05) is 6.07 Å². The zero-order valence-electron chi connectivity index (χ0n) is 9.11. The summed E-state index contributed by atoms with van der Waals surface area (Å²) in [7, 11) is 0. The maximum Gasteiger partial charge on any atom is 0.288 e. The highest BCUT2D eigenvalue weighted by molar-refractivity contribution is 6.32. The van der Waals surface area contributed by atoms with Crippen LogP contribution < -0.4 is 5.73 Å². The molecule has 0 aliphatic heterocycles. The summed E-state index contributed by atoms with van der Waals surface area (Å²) in [5.41, 5.74) is 6.80. The highest BCUT2D eigenvalue weighted by Crippen LogP contribution is 2.57. The molecule has 0 spiro atoms. The number of rotatable bonds is 2. The van der Waals surface area contributed by atoms with E-state index in [4.69, 9.17) is 17.3 Å². The fourth-order valence-corrected chi connectivity index (χ4v) is 2.36. The molecule has 86 valence electrons. The van der Waals surface area contributed by atoms with Crippen molar-refractivity contribution in [3.63, 3.8) is 0 Å². The second-order valence-electron chi connectivity index (χ2n) is 4.79. The monoisotopic (exact) mass is 240 g/mol. The summed E-state index contributed by atoms with van der Waals surface area (Å²) < 4.78 is 0. The van der Waals surface area contributed by atoms with Crippen LogP contribution in [0.2, 0.25) is 5.02 Å². The van der Waals surface area contributed by atoms with Crippen LogP contribution >= 0.6 is 11.6 Å². The summed E-state index contributed by atoms with van der Waals surface area (Å²) >= 11 is 5.75. The molecular formula is C11H13ClN2O2. The third-order valence-electron chi connectivity index (χ3n) is 3.44. The molecule has 0 radical (unpaired) electrons. The van der Waals surface area contributed by atoms with Crippen molar-refractivity contribution in [2.24, 2.45) is 11.1 Å². The lowest BCUT2D eigenvalue weighted by Gasteiger charge is -2.03. The number of nitrogens with zero attached hydrogens (tertiary/aromatic N) is 1. The van der Waals surface area contributed by atoms with Gasteiger partial charge >= 0.3 is 0 Å². The van der Waals surface area contributed by atoms with Crippen LogP contribution in [0, 0.1) is 15.5 Å². The minimum atomic E-state index is -0.466. The zero-order valence-corrected chi connectivity index (χ0v) is 9.86. The maximum atomic E-state index is 10.7. The van der Waals surface area contributed by atoms with Gasteiger partial charge in [-0.1, -0.05) is 31.5 Å². The topological polar surface area (TPSA) is 69.2 Å². The van der Waals surface area contributed by atoms with Crippen LogP contribution in [-0.4, -0.2) is 11.0 Å². The van der Waals surface area contributed by atoms with E-state index in [2.05, 4.69) is 13.8 Å². The molecule has 2 atom stereocenters. The Balaban J connectivity index is 2.39. The van der Waals surface area contributed by atoms with Crippen LogP contribution in [0.25, 0.3) is 0 Å². The van der Waals surface area contributed by atoms with Gasteiger partial charge in [-0.05, 0) is 17.0 Å². The van der Waals surface area contributed by atoms with Crippen molar-refractivity contribution in [2.75, 3.05) is 0 Å². The SMILES string of the molecule is CC1(C)C(N)C1c1ccc(Cl)c([N+](=O)[O-])c1. The van der Waals surface area contributed by atoms with Gasteiger partial charge in [-0.3, -0.25) is 10.1 Å². The molecule has 1 aliphatic rings. The van der Waals surface area contributed by atoms with Crippen molar-refractivity contribution in [1.29, 1.82) is 0 Å². The summed E-state index contributed by atoms with van der Waals surface area (Å²) in [4.78, 5) is 10.3. The average molecular weight is 241 g/mol. The molecule has 1 aromatic rings. The smallest absolute Gasteiger partial charge is 0.288 e. The highest BCUT2D eigenvalue weighted by atomic mass is 35.5. The van der Waals surface area contributed by atoms with E-state index in [0.29, 0.717) is 0 Å². The average Bonchev–Trinajstić information content (AvgIpc) is 2.67. The summed E-state index contributed by atoms with van der Waals surface area (Å²) in [5.74, 6) is 0.184. The number of halogens is 1. The van der Waals surface area contributed by atoms with E-state index in [1.54, 1.807) is 6.07 Å². The Morgan fingerprint density at radius 3 is 2.50 bits per heavy atom. The molecule has 1 fully saturated rings. The number of nitro groups is 1. The van der Waals surface area contributed by atoms with Gasteiger partial charge in [0.1, 0.15) is 5.02 Å². The number of nitro benzene ring substituents is 1. The van der Waals surface area contributed by atoms with Crippen molar-refractivity contribution >= 4 is 17.3 Å². The third kappa shape index (κ3) is 1.58. The fraction of sp³-hybridized carbons (Fsp3) is 0.455. The van der Waals surface area contributed by atoms with Crippen molar-refractivity contribution in [1.82, 2.24) is 0 Å². The molecule has 1 saturated carbocycles. The van der Waals surface area contributed by atoms with Crippen LogP contribution in [0.4, 0.5) is 5.69 Å². The van der Waals surface area contributed by atoms with Gasteiger partial charge < -0.3 is 5.73 Å². The molecule has 0 saturated heterocycles. The first kappa shape index (κ1) is 11.4. The van der Waals surface area contributed by atoms with Gasteiger partial charge in [-0.2, -0.15) is 0 Å². The molecule has 1 aliphatic carbocycles. The highest BCUT2D eigenvalue weighted by Gasteiger charge is 2.56. The largest absolute Gasteiger partial charge is 0.327 e. The molecule has 2 unspecified atom stereocenters. The van der Waals surface area contributed by atoms with E-state index in [-0.39, 0.29) is 28.1 Å². The molecule has 16 heavy (non-hydrogen) atoms. The standard InChI is InChI=1S/C11H13ClN2O2/c1-11(2)9(10(11)13)6-3-4-7(12)8(5-6)14(15)16/h3-5,9-10H,13H2,1-2H3. The van der Waals surface area contributed by atoms with Gasteiger partial charge in [0.25, 0.3) is 5.69 Å². The molecule has 2 N–H and O–H groups in total. The van der Waals surface area contributed by atoms with Crippen LogP contribution in [-0.2, 0) is 0 Å². The second kappa shape index (κ2) is 3.43. The van der Waals surface area contributed by atoms with Crippen LogP contribution in [0.15, 0.2) is 18.2 Å². The van der Waals surface area contributed by atoms with Gasteiger partial charge in [0.2, 0.25) is 0 Å². The molecular weight excluding hydrogens is 228 g/mol. The Kier molecular flexibility index (Phi) is 2.44. The third-order valence-corrected chi connectivity index (χ3v) is 3.76. The Morgan fingerprint density at radius 1 is 1.50 bits per heavy atom. The van der Waals surface area contributed by atoms with E-state index in [1.165, 1.54) is 6.07 Å². The molecule has 2 rings (SSSR count). The molecule has 5 heteroatoms. The Hall–Kier alpha value is -1.13. The van der Waals surface area contributed by atoms with Crippen molar-refractivity contribution < 1.29 is 4.92 Å². The first-order valence-electron chi connectivity index (χ1n) is 5.05. The second-order valence-corrected chi connectivity index (χ2v) is 5.20. The number of hydrogen-bond acceptors (Lipinski definition) is 3. The van der Waals surface area contributed by atoms with Gasteiger partial charge in [0, 0.05) is 18.0 Å². The van der Waals surface area contributed by atoms with Crippen molar-refractivity contribution in [3.05, 3.63) is 38.9 Å². The number of hydrogen-bond donors (Lipinski definition) is 1. The molecule has 0 bridgehead atoms. The lowest BCUT2D eigenvalue weighted by molar-refractivity contribution is -0.384. The van der Waals surface area contributed by atoms with Crippen LogP contribution in [0.1, 0.15) is 25.3 Å². The minimum absolute atomic E-state index is 0.0156. The summed E-state index contributed by atoms with van der Waals surface area (Å²) in [6, 6.07) is 4.97. The van der Waals surface area contributed by atoms with Gasteiger partial charge in [-0.15, -0.1) is 0 Å². The minimum Gasteiger partial charge on any atom is -0.327 e. The molecule has 1 aromatic carbocycles. The maximum absolute atomic E-state index is 10.7. The lowest BCUT2D eigenvalue weighted by Crippen LogP contribution is -2.06. The lowest BCUT2D eigenvalue weighted by atomic mass is 10.0. The summed E-state index contributed by atoms with van der Waals surface area (Å²) in [5, 5.41) is 10.9. The molecule has 0 aromatic heterocycles. The van der Waals surface area contributed by atoms with Gasteiger partial charge in [-0.25, -0.2) is 0 Å². The van der Waals surface area contributed by atoms with Crippen molar-refractivity contribution in [2.45, 2.75) is 25.8 Å². The number of benzene rings is 1.